The van der Waals surface area contributed by atoms with Crippen LogP contribution in [0.25, 0.3) is 22.4 Å². The Hall–Kier alpha value is -3.15. The van der Waals surface area contributed by atoms with Crippen molar-refractivity contribution in [1.29, 1.82) is 0 Å². The number of carbonyl (C=O) groups excluding carboxylic acids is 1. The summed E-state index contributed by atoms with van der Waals surface area (Å²) in [6.07, 6.45) is 3.05. The summed E-state index contributed by atoms with van der Waals surface area (Å²) in [5.74, 6) is 1.24. The number of nitrogens with zero attached hydrogens (tertiary/aromatic N) is 3. The molecule has 0 bridgehead atoms. The first kappa shape index (κ1) is 16.3. The van der Waals surface area contributed by atoms with Crippen molar-refractivity contribution >= 4 is 11.7 Å². The highest BCUT2D eigenvalue weighted by atomic mass is 16.5. The van der Waals surface area contributed by atoms with Gasteiger partial charge in [0.1, 0.15) is 11.5 Å². The highest BCUT2D eigenvalue weighted by molar-refractivity contribution is 5.91. The second-order valence-electron chi connectivity index (χ2n) is 6.15. The van der Waals surface area contributed by atoms with E-state index in [0.717, 1.165) is 41.2 Å². The predicted octanol–water partition coefficient (Wildman–Crippen LogP) is 3.74. The molecule has 0 unspecified atom stereocenters. The lowest BCUT2D eigenvalue weighted by atomic mass is 10.0. The van der Waals surface area contributed by atoms with Crippen molar-refractivity contribution in [2.75, 3.05) is 11.9 Å². The SMILES string of the molecule is CCC(=O)Nc1cc(-c2c(-c3ccccc3)nn3c2OCCC3)ccn1. The van der Waals surface area contributed by atoms with Gasteiger partial charge in [0.2, 0.25) is 11.8 Å². The van der Waals surface area contributed by atoms with Crippen molar-refractivity contribution in [3.8, 4) is 28.3 Å². The zero-order valence-corrected chi connectivity index (χ0v) is 14.6. The van der Waals surface area contributed by atoms with Crippen molar-refractivity contribution in [3.63, 3.8) is 0 Å². The van der Waals surface area contributed by atoms with Gasteiger partial charge in [-0.25, -0.2) is 9.67 Å². The minimum Gasteiger partial charge on any atom is -0.477 e. The third-order valence-corrected chi connectivity index (χ3v) is 4.34. The van der Waals surface area contributed by atoms with Crippen LogP contribution in [0.4, 0.5) is 5.82 Å². The lowest BCUT2D eigenvalue weighted by molar-refractivity contribution is -0.115. The van der Waals surface area contributed by atoms with Gasteiger partial charge in [0.15, 0.2) is 0 Å². The third-order valence-electron chi connectivity index (χ3n) is 4.34. The number of anilines is 1. The summed E-state index contributed by atoms with van der Waals surface area (Å²) in [6, 6.07) is 13.9. The van der Waals surface area contributed by atoms with Gasteiger partial charge in [0.05, 0.1) is 12.2 Å². The first-order valence-corrected chi connectivity index (χ1v) is 8.81. The number of aromatic nitrogens is 3. The Morgan fingerprint density at radius 1 is 1.23 bits per heavy atom. The number of amides is 1. The predicted molar refractivity (Wildman–Crippen MR) is 99.9 cm³/mol. The highest BCUT2D eigenvalue weighted by Crippen LogP contribution is 2.40. The Morgan fingerprint density at radius 3 is 2.88 bits per heavy atom. The van der Waals surface area contributed by atoms with Crippen LogP contribution in [0.5, 0.6) is 5.88 Å². The molecule has 1 amide bonds. The van der Waals surface area contributed by atoms with Gasteiger partial charge < -0.3 is 10.1 Å². The summed E-state index contributed by atoms with van der Waals surface area (Å²) in [5.41, 5.74) is 3.77. The van der Waals surface area contributed by atoms with E-state index < -0.39 is 0 Å². The number of carbonyl (C=O) groups is 1. The second kappa shape index (κ2) is 7.00. The molecule has 3 heterocycles. The molecule has 0 atom stereocenters. The van der Waals surface area contributed by atoms with Crippen LogP contribution < -0.4 is 10.1 Å². The van der Waals surface area contributed by atoms with Gasteiger partial charge in [-0.3, -0.25) is 4.79 Å². The second-order valence-corrected chi connectivity index (χ2v) is 6.15. The lowest BCUT2D eigenvalue weighted by Gasteiger charge is -2.16. The zero-order valence-electron chi connectivity index (χ0n) is 14.6. The molecule has 26 heavy (non-hydrogen) atoms. The Morgan fingerprint density at radius 2 is 2.08 bits per heavy atom. The van der Waals surface area contributed by atoms with Gasteiger partial charge >= 0.3 is 0 Å². The Labute approximate surface area is 151 Å². The number of aryl methyl sites for hydroxylation is 1. The Balaban J connectivity index is 1.84. The molecule has 4 rings (SSSR count). The van der Waals surface area contributed by atoms with Crippen LogP contribution in [0.15, 0.2) is 48.7 Å². The maximum absolute atomic E-state index is 11.7. The molecular formula is C20H20N4O2. The molecule has 1 N–H and O–H groups in total. The van der Waals surface area contributed by atoms with Gasteiger partial charge in [-0.15, -0.1) is 0 Å². The number of pyridine rings is 1. The van der Waals surface area contributed by atoms with Gasteiger partial charge in [-0.05, 0) is 17.7 Å². The maximum atomic E-state index is 11.7. The quantitative estimate of drug-likeness (QED) is 0.780. The molecule has 1 aliphatic rings. The minimum atomic E-state index is -0.0637. The summed E-state index contributed by atoms with van der Waals surface area (Å²) in [6.45, 7) is 3.33. The van der Waals surface area contributed by atoms with Crippen LogP contribution in [0.1, 0.15) is 19.8 Å². The average Bonchev–Trinajstić information content (AvgIpc) is 3.08. The Bertz CT molecular complexity index is 934. The van der Waals surface area contributed by atoms with Gasteiger partial charge in [-0.2, -0.15) is 5.10 Å². The minimum absolute atomic E-state index is 0.0637. The van der Waals surface area contributed by atoms with E-state index in [0.29, 0.717) is 18.8 Å². The summed E-state index contributed by atoms with van der Waals surface area (Å²) >= 11 is 0. The molecule has 0 saturated heterocycles. The van der Waals surface area contributed by atoms with Crippen LogP contribution >= 0.6 is 0 Å². The van der Waals surface area contributed by atoms with E-state index in [1.54, 1.807) is 6.20 Å². The van der Waals surface area contributed by atoms with Crippen LogP contribution in [0.2, 0.25) is 0 Å². The smallest absolute Gasteiger partial charge is 0.225 e. The summed E-state index contributed by atoms with van der Waals surface area (Å²) < 4.78 is 7.87. The van der Waals surface area contributed by atoms with Crippen molar-refractivity contribution < 1.29 is 9.53 Å². The average molecular weight is 348 g/mol. The molecule has 0 spiro atoms. The van der Waals surface area contributed by atoms with Crippen molar-refractivity contribution in [3.05, 3.63) is 48.7 Å². The van der Waals surface area contributed by atoms with Gasteiger partial charge in [0.25, 0.3) is 0 Å². The van der Waals surface area contributed by atoms with Gasteiger partial charge in [0, 0.05) is 31.1 Å². The van der Waals surface area contributed by atoms with Crippen LogP contribution in [0.3, 0.4) is 0 Å². The molecule has 1 aromatic carbocycles. The molecule has 0 saturated carbocycles. The fourth-order valence-electron chi connectivity index (χ4n) is 3.07. The van der Waals surface area contributed by atoms with Gasteiger partial charge in [-0.1, -0.05) is 37.3 Å². The molecule has 0 aliphatic carbocycles. The first-order valence-electron chi connectivity index (χ1n) is 8.81. The summed E-state index contributed by atoms with van der Waals surface area (Å²) in [7, 11) is 0. The first-order chi connectivity index (χ1) is 12.8. The number of fused-ring (bicyclic) bond motifs is 1. The normalized spacial score (nSPS) is 13.0. The number of benzene rings is 1. The molecule has 6 nitrogen and oxygen atoms in total. The number of hydrogen-bond acceptors (Lipinski definition) is 4. The molecule has 1 aliphatic heterocycles. The molecular weight excluding hydrogens is 328 g/mol. The summed E-state index contributed by atoms with van der Waals surface area (Å²) in [5, 5.41) is 7.60. The molecule has 2 aromatic heterocycles. The fraction of sp³-hybridized carbons (Fsp3) is 0.250. The van der Waals surface area contributed by atoms with Crippen molar-refractivity contribution in [1.82, 2.24) is 14.8 Å². The van der Waals surface area contributed by atoms with E-state index in [9.17, 15) is 4.79 Å². The molecule has 0 fully saturated rings. The molecule has 3 aromatic rings. The molecule has 6 heteroatoms. The Kier molecular flexibility index (Phi) is 4.39. The van der Waals surface area contributed by atoms with Crippen LogP contribution in [0, 0.1) is 0 Å². The fourth-order valence-corrected chi connectivity index (χ4v) is 3.07. The van der Waals surface area contributed by atoms with E-state index in [4.69, 9.17) is 9.84 Å². The molecule has 0 radical (unpaired) electrons. The van der Waals surface area contributed by atoms with E-state index in [-0.39, 0.29) is 5.91 Å². The largest absolute Gasteiger partial charge is 0.477 e. The number of ether oxygens (including phenoxy) is 1. The number of nitrogens with one attached hydrogen (secondary N) is 1. The molecule has 132 valence electrons. The van der Waals surface area contributed by atoms with Crippen LogP contribution in [-0.4, -0.2) is 27.3 Å². The van der Waals surface area contributed by atoms with E-state index >= 15 is 0 Å². The third kappa shape index (κ3) is 3.06. The number of hydrogen-bond donors (Lipinski definition) is 1. The highest BCUT2D eigenvalue weighted by Gasteiger charge is 2.24. The topological polar surface area (TPSA) is 69.0 Å². The zero-order chi connectivity index (χ0) is 17.9. The van der Waals surface area contributed by atoms with E-state index in [1.165, 1.54) is 0 Å². The van der Waals surface area contributed by atoms with Crippen molar-refractivity contribution in [2.45, 2.75) is 26.3 Å². The number of rotatable bonds is 4. The maximum Gasteiger partial charge on any atom is 0.225 e. The van der Waals surface area contributed by atoms with E-state index in [2.05, 4.69) is 10.3 Å². The van der Waals surface area contributed by atoms with Crippen molar-refractivity contribution in [2.24, 2.45) is 0 Å². The monoisotopic (exact) mass is 348 g/mol. The lowest BCUT2D eigenvalue weighted by Crippen LogP contribution is -2.15. The van der Waals surface area contributed by atoms with Crippen LogP contribution in [-0.2, 0) is 11.3 Å². The summed E-state index contributed by atoms with van der Waals surface area (Å²) in [4.78, 5) is 16.0. The standard InChI is InChI=1S/C20H20N4O2/c1-2-17(25)22-16-13-15(9-10-21-16)18-19(14-7-4-3-5-8-14)23-24-11-6-12-26-20(18)24/h3-5,7-10,13H,2,6,11-12H2,1H3,(H,21,22,25). The van der Waals surface area contributed by atoms with E-state index in [1.807, 2.05) is 54.1 Å².